The van der Waals surface area contributed by atoms with Crippen molar-refractivity contribution in [2.45, 2.75) is 43.8 Å². The van der Waals surface area contributed by atoms with Gasteiger partial charge in [0.05, 0.1) is 5.84 Å². The van der Waals surface area contributed by atoms with Gasteiger partial charge in [-0.15, -0.1) is 11.8 Å². The first-order valence-electron chi connectivity index (χ1n) is 5.59. The van der Waals surface area contributed by atoms with E-state index in [1.54, 1.807) is 0 Å². The van der Waals surface area contributed by atoms with E-state index in [0.29, 0.717) is 11.7 Å². The van der Waals surface area contributed by atoms with Crippen LogP contribution < -0.4 is 5.73 Å². The molecule has 0 heterocycles. The van der Waals surface area contributed by atoms with Crippen LogP contribution >= 0.6 is 11.8 Å². The Morgan fingerprint density at radius 1 is 1.44 bits per heavy atom. The van der Waals surface area contributed by atoms with E-state index in [-0.39, 0.29) is 5.84 Å². The average molecular weight is 236 g/mol. The van der Waals surface area contributed by atoms with Crippen molar-refractivity contribution in [3.05, 3.63) is 29.3 Å². The first-order valence-corrected chi connectivity index (χ1v) is 6.47. The summed E-state index contributed by atoms with van der Waals surface area (Å²) in [5, 5.41) is 7.76. The van der Waals surface area contributed by atoms with Crippen molar-refractivity contribution in [2.24, 2.45) is 5.73 Å². The lowest BCUT2D eigenvalue weighted by Crippen LogP contribution is -2.16. The second kappa shape index (κ2) is 5.94. The van der Waals surface area contributed by atoms with Gasteiger partial charge in [0.15, 0.2) is 0 Å². The number of rotatable bonds is 5. The third kappa shape index (κ3) is 3.89. The molecule has 0 aliphatic carbocycles. The molecule has 1 rings (SSSR count). The van der Waals surface area contributed by atoms with Crippen molar-refractivity contribution in [2.75, 3.05) is 0 Å². The zero-order chi connectivity index (χ0) is 12.1. The molecule has 1 atom stereocenters. The molecule has 0 radical (unpaired) electrons. The third-order valence-corrected chi connectivity index (χ3v) is 4.07. The first-order chi connectivity index (χ1) is 7.52. The van der Waals surface area contributed by atoms with Crippen LogP contribution in [0, 0.1) is 19.3 Å². The van der Waals surface area contributed by atoms with Crippen molar-refractivity contribution in [3.8, 4) is 0 Å². The van der Waals surface area contributed by atoms with Gasteiger partial charge in [0, 0.05) is 16.6 Å². The predicted octanol–water partition coefficient (Wildman–Crippen LogP) is 3.50. The molecular formula is C13H20N2S. The number of benzene rings is 1. The third-order valence-electron chi connectivity index (χ3n) is 2.53. The Balaban J connectivity index is 2.73. The van der Waals surface area contributed by atoms with Gasteiger partial charge in [0.25, 0.3) is 0 Å². The van der Waals surface area contributed by atoms with Gasteiger partial charge < -0.3 is 5.73 Å². The molecule has 1 aromatic carbocycles. The van der Waals surface area contributed by atoms with Crippen molar-refractivity contribution in [1.29, 1.82) is 5.41 Å². The number of aryl methyl sites for hydroxylation is 2. The summed E-state index contributed by atoms with van der Waals surface area (Å²) in [5.41, 5.74) is 8.06. The van der Waals surface area contributed by atoms with Gasteiger partial charge >= 0.3 is 0 Å². The summed E-state index contributed by atoms with van der Waals surface area (Å²) in [4.78, 5) is 1.30. The van der Waals surface area contributed by atoms with Crippen LogP contribution in [-0.2, 0) is 0 Å². The fraction of sp³-hybridized carbons (Fsp3) is 0.462. The van der Waals surface area contributed by atoms with Gasteiger partial charge in [-0.2, -0.15) is 0 Å². The Bertz CT molecular complexity index is 374. The molecule has 0 aromatic heterocycles. The molecule has 1 unspecified atom stereocenters. The fourth-order valence-corrected chi connectivity index (χ4v) is 2.81. The molecule has 2 nitrogen and oxygen atoms in total. The highest BCUT2D eigenvalue weighted by Gasteiger charge is 2.11. The molecule has 3 N–H and O–H groups in total. The molecule has 88 valence electrons. The largest absolute Gasteiger partial charge is 0.388 e. The molecule has 1 aromatic rings. The van der Waals surface area contributed by atoms with Gasteiger partial charge in [0.2, 0.25) is 0 Å². The molecular weight excluding hydrogens is 216 g/mol. The van der Waals surface area contributed by atoms with Crippen molar-refractivity contribution < 1.29 is 0 Å². The van der Waals surface area contributed by atoms with E-state index < -0.39 is 0 Å². The molecule has 0 spiro atoms. The first kappa shape index (κ1) is 13.1. The Kier molecular flexibility index (Phi) is 4.87. The molecule has 3 heteroatoms. The maximum absolute atomic E-state index is 7.35. The highest BCUT2D eigenvalue weighted by Crippen LogP contribution is 2.30. The fourth-order valence-electron chi connectivity index (χ4n) is 1.63. The normalized spacial score (nSPS) is 12.4. The van der Waals surface area contributed by atoms with Crippen LogP contribution in [0.1, 0.15) is 30.9 Å². The summed E-state index contributed by atoms with van der Waals surface area (Å²) >= 11 is 1.83. The molecule has 0 bridgehead atoms. The SMILES string of the molecule is CCC(CC(=N)N)Sc1ccc(C)cc1C. The predicted molar refractivity (Wildman–Crippen MR) is 72.4 cm³/mol. The number of amidine groups is 1. The number of hydrogen-bond donors (Lipinski definition) is 2. The van der Waals surface area contributed by atoms with Gasteiger partial charge in [-0.3, -0.25) is 5.41 Å². The van der Waals surface area contributed by atoms with Crippen LogP contribution in [0.25, 0.3) is 0 Å². The molecule has 0 aliphatic rings. The summed E-state index contributed by atoms with van der Waals surface area (Å²) in [7, 11) is 0. The monoisotopic (exact) mass is 236 g/mol. The molecule has 0 fully saturated rings. The average Bonchev–Trinajstić information content (AvgIpc) is 2.20. The van der Waals surface area contributed by atoms with Crippen LogP contribution in [0.5, 0.6) is 0 Å². The molecule has 0 saturated heterocycles. The van der Waals surface area contributed by atoms with Crippen molar-refractivity contribution in [3.63, 3.8) is 0 Å². The zero-order valence-electron chi connectivity index (χ0n) is 10.2. The van der Waals surface area contributed by atoms with E-state index in [1.165, 1.54) is 16.0 Å². The summed E-state index contributed by atoms with van der Waals surface area (Å²) in [5.74, 6) is 0.282. The lowest BCUT2D eigenvalue weighted by atomic mass is 10.2. The maximum Gasteiger partial charge on any atom is 0.0916 e. The standard InChI is InChI=1S/C13H20N2S/c1-4-11(8-13(14)15)16-12-6-5-9(2)7-10(12)3/h5-7,11H,4,8H2,1-3H3,(H3,14,15). The second-order valence-electron chi connectivity index (χ2n) is 4.15. The lowest BCUT2D eigenvalue weighted by molar-refractivity contribution is 0.848. The summed E-state index contributed by atoms with van der Waals surface area (Å²) in [6, 6.07) is 6.50. The Labute approximate surface area is 102 Å². The minimum Gasteiger partial charge on any atom is -0.388 e. The Morgan fingerprint density at radius 2 is 2.12 bits per heavy atom. The number of hydrogen-bond acceptors (Lipinski definition) is 2. The maximum atomic E-state index is 7.35. The van der Waals surface area contributed by atoms with Crippen LogP contribution in [-0.4, -0.2) is 11.1 Å². The van der Waals surface area contributed by atoms with Crippen molar-refractivity contribution >= 4 is 17.6 Å². The second-order valence-corrected chi connectivity index (χ2v) is 5.49. The Hall–Kier alpha value is -0.960. The van der Waals surface area contributed by atoms with Gasteiger partial charge in [0.1, 0.15) is 0 Å². The van der Waals surface area contributed by atoms with E-state index in [4.69, 9.17) is 11.1 Å². The number of thioether (sulfide) groups is 1. The minimum absolute atomic E-state index is 0.282. The minimum atomic E-state index is 0.282. The molecule has 16 heavy (non-hydrogen) atoms. The highest BCUT2D eigenvalue weighted by atomic mass is 32.2. The molecule has 0 amide bonds. The smallest absolute Gasteiger partial charge is 0.0916 e. The number of nitrogens with one attached hydrogen (secondary N) is 1. The lowest BCUT2D eigenvalue weighted by Gasteiger charge is -2.15. The summed E-state index contributed by atoms with van der Waals surface area (Å²) in [6.07, 6.45) is 1.71. The van der Waals surface area contributed by atoms with Gasteiger partial charge in [-0.05, 0) is 31.9 Å². The van der Waals surface area contributed by atoms with E-state index in [0.717, 1.165) is 6.42 Å². The van der Waals surface area contributed by atoms with Gasteiger partial charge in [-0.25, -0.2) is 0 Å². The molecule has 0 aliphatic heterocycles. The topological polar surface area (TPSA) is 49.9 Å². The summed E-state index contributed by atoms with van der Waals surface area (Å²) in [6.45, 7) is 6.38. The van der Waals surface area contributed by atoms with E-state index in [2.05, 4.69) is 39.0 Å². The highest BCUT2D eigenvalue weighted by molar-refractivity contribution is 8.00. The van der Waals surface area contributed by atoms with Crippen LogP contribution in [0.3, 0.4) is 0 Å². The van der Waals surface area contributed by atoms with E-state index in [1.807, 2.05) is 11.8 Å². The number of nitrogens with two attached hydrogens (primary N) is 1. The van der Waals surface area contributed by atoms with Crippen LogP contribution in [0.2, 0.25) is 0 Å². The van der Waals surface area contributed by atoms with E-state index in [9.17, 15) is 0 Å². The quantitative estimate of drug-likeness (QED) is 0.467. The van der Waals surface area contributed by atoms with E-state index >= 15 is 0 Å². The van der Waals surface area contributed by atoms with Gasteiger partial charge in [-0.1, -0.05) is 24.6 Å². The molecule has 0 saturated carbocycles. The zero-order valence-corrected chi connectivity index (χ0v) is 11.0. The summed E-state index contributed by atoms with van der Waals surface area (Å²) < 4.78 is 0. The Morgan fingerprint density at radius 3 is 2.62 bits per heavy atom. The van der Waals surface area contributed by atoms with Crippen molar-refractivity contribution in [1.82, 2.24) is 0 Å². The van der Waals surface area contributed by atoms with Crippen LogP contribution in [0.15, 0.2) is 23.1 Å². The van der Waals surface area contributed by atoms with Crippen LogP contribution in [0.4, 0.5) is 0 Å².